The lowest BCUT2D eigenvalue weighted by Crippen LogP contribution is -2.39. The maximum absolute atomic E-state index is 10.7. The fourth-order valence-electron chi connectivity index (χ4n) is 5.85. The minimum Gasteiger partial charge on any atom is -0.494 e. The number of hydrogen-bond donors (Lipinski definition) is 5. The highest BCUT2D eigenvalue weighted by Gasteiger charge is 2.34. The number of aliphatic hydroxyl groups is 3. The highest BCUT2D eigenvalue weighted by Crippen LogP contribution is 2.37. The molecule has 49 heavy (non-hydrogen) atoms. The molecule has 6 N–H and O–H groups in total. The summed E-state index contributed by atoms with van der Waals surface area (Å²) in [6, 6.07) is 20.3. The van der Waals surface area contributed by atoms with Crippen LogP contribution >= 0.6 is 15.9 Å². The zero-order valence-electron chi connectivity index (χ0n) is 29.7. The normalized spacial score (nSPS) is 19.2. The fourth-order valence-corrected chi connectivity index (χ4v) is 5.85. The van der Waals surface area contributed by atoms with E-state index in [4.69, 9.17) is 25.4 Å². The van der Waals surface area contributed by atoms with Crippen LogP contribution in [0.1, 0.15) is 100 Å². The topological polar surface area (TPSA) is 146 Å². The number of halogens is 1. The number of nitrogens with two attached hydrogens (primary N) is 1. The van der Waals surface area contributed by atoms with Crippen molar-refractivity contribution in [3.63, 3.8) is 0 Å². The molecule has 0 saturated heterocycles. The van der Waals surface area contributed by atoms with Gasteiger partial charge in [0.05, 0.1) is 25.4 Å². The van der Waals surface area contributed by atoms with Gasteiger partial charge >= 0.3 is 5.97 Å². The third-order valence-corrected chi connectivity index (χ3v) is 8.97. The van der Waals surface area contributed by atoms with Crippen molar-refractivity contribution in [2.75, 3.05) is 31.6 Å². The lowest BCUT2D eigenvalue weighted by atomic mass is 10.1. The Kier molecular flexibility index (Phi) is 19.5. The third-order valence-electron chi connectivity index (χ3n) is 8.18. The van der Waals surface area contributed by atoms with Gasteiger partial charge in [0.15, 0.2) is 6.10 Å². The first-order valence-electron chi connectivity index (χ1n) is 17.4. The second-order valence-electron chi connectivity index (χ2n) is 12.0. The van der Waals surface area contributed by atoms with Gasteiger partial charge in [0.25, 0.3) is 0 Å². The Morgan fingerprint density at radius 3 is 1.76 bits per heavy atom. The average molecular weight is 746 g/mol. The quantitative estimate of drug-likeness (QED) is 0.127. The highest BCUT2D eigenvalue weighted by atomic mass is 79.9. The summed E-state index contributed by atoms with van der Waals surface area (Å²) in [6.45, 7) is 13.9. The number of alkyl halides is 1. The summed E-state index contributed by atoms with van der Waals surface area (Å²) < 4.78 is 10.9. The molecule has 3 aromatic rings. The van der Waals surface area contributed by atoms with Crippen LogP contribution < -0.4 is 15.2 Å². The lowest BCUT2D eigenvalue weighted by Gasteiger charge is -2.30. The van der Waals surface area contributed by atoms with Gasteiger partial charge in [-0.05, 0) is 111 Å². The van der Waals surface area contributed by atoms with E-state index in [1.165, 1.54) is 12.0 Å². The molecular weight excluding hydrogens is 688 g/mol. The Morgan fingerprint density at radius 2 is 1.31 bits per heavy atom. The number of carboxylic acid groups (broad SMARTS) is 1. The number of ether oxygens (including phenoxy) is 2. The van der Waals surface area contributed by atoms with Crippen LogP contribution in [0, 0.1) is 0 Å². The Morgan fingerprint density at radius 1 is 0.816 bits per heavy atom. The zero-order valence-corrected chi connectivity index (χ0v) is 31.3. The fraction of sp³-hybridized carbons (Fsp3) is 0.513. The smallest absolute Gasteiger partial charge is 0.337 e. The van der Waals surface area contributed by atoms with Gasteiger partial charge in [-0.2, -0.15) is 0 Å². The number of carbonyl (C=O) groups is 1. The predicted octanol–water partition coefficient (Wildman–Crippen LogP) is 6.76. The first kappa shape index (κ1) is 42.2. The van der Waals surface area contributed by atoms with E-state index in [0.717, 1.165) is 72.3 Å². The molecule has 9 nitrogen and oxygen atoms in total. The first-order valence-corrected chi connectivity index (χ1v) is 18.6. The van der Waals surface area contributed by atoms with Gasteiger partial charge in [0.1, 0.15) is 11.5 Å². The van der Waals surface area contributed by atoms with Crippen LogP contribution in [0.4, 0.5) is 0 Å². The van der Waals surface area contributed by atoms with Crippen LogP contribution in [0.2, 0.25) is 0 Å². The van der Waals surface area contributed by atoms with Crippen LogP contribution in [-0.2, 0) is 17.6 Å². The maximum Gasteiger partial charge on any atom is 0.337 e. The van der Waals surface area contributed by atoms with Crippen LogP contribution in [0.3, 0.4) is 0 Å². The van der Waals surface area contributed by atoms with Crippen molar-refractivity contribution in [2.45, 2.75) is 97.1 Å². The van der Waals surface area contributed by atoms with Gasteiger partial charge in [-0.3, -0.25) is 4.90 Å². The standard InChI is InChI=1S/C17H27NO2.C11H15NO2.C8H8O3.C3H7Br/c1-4-9-18(10-5-2)16-11-13-7-8-14(20-6-3)12-15(13)17(16)19;1-2-14-8-4-3-7-5-10(12)11(13)9(7)6-8;9-7(8(10)11)6-4-2-1-3-5-6;1-2-3-4/h7-8,12,16-17,19H,4-6,9-11H2,1-3H3;3-4,6,10-11,13H,2,5,12H2,1H3;1-5,7,9H,(H,10,11);2-3H2,1H3/t16-,17-;10-,11-;7-;/m001./s1. The van der Waals surface area contributed by atoms with Gasteiger partial charge in [0, 0.05) is 17.4 Å². The van der Waals surface area contributed by atoms with Crippen molar-refractivity contribution < 1.29 is 34.7 Å². The molecule has 5 rings (SSSR count). The lowest BCUT2D eigenvalue weighted by molar-refractivity contribution is -0.146. The van der Waals surface area contributed by atoms with Crippen molar-refractivity contribution in [1.82, 2.24) is 4.90 Å². The molecule has 0 aliphatic heterocycles. The summed E-state index contributed by atoms with van der Waals surface area (Å²) in [6.07, 6.45) is 2.87. The molecule has 5 atom stereocenters. The van der Waals surface area contributed by atoms with Crippen molar-refractivity contribution >= 4 is 21.9 Å². The number of aliphatic carboxylic acids is 1. The molecule has 0 heterocycles. The van der Waals surface area contributed by atoms with E-state index in [2.05, 4.69) is 47.7 Å². The Hall–Kier alpha value is -2.99. The van der Waals surface area contributed by atoms with Crippen molar-refractivity contribution in [3.05, 3.63) is 94.5 Å². The van der Waals surface area contributed by atoms with Gasteiger partial charge < -0.3 is 35.6 Å². The van der Waals surface area contributed by atoms with Gasteiger partial charge in [-0.15, -0.1) is 0 Å². The third kappa shape index (κ3) is 13.0. The van der Waals surface area contributed by atoms with E-state index >= 15 is 0 Å². The second-order valence-corrected chi connectivity index (χ2v) is 12.8. The number of benzene rings is 3. The van der Waals surface area contributed by atoms with E-state index in [9.17, 15) is 15.0 Å². The first-order chi connectivity index (χ1) is 23.6. The molecule has 2 aliphatic carbocycles. The van der Waals surface area contributed by atoms with Crippen LogP contribution in [0.15, 0.2) is 66.7 Å². The molecule has 3 aromatic carbocycles. The number of fused-ring (bicyclic) bond motifs is 2. The monoisotopic (exact) mass is 744 g/mol. The molecule has 0 amide bonds. The van der Waals surface area contributed by atoms with Gasteiger partial charge in [-0.25, -0.2) is 4.79 Å². The van der Waals surface area contributed by atoms with E-state index in [0.29, 0.717) is 18.8 Å². The largest absolute Gasteiger partial charge is 0.494 e. The van der Waals surface area contributed by atoms with Crippen molar-refractivity contribution in [1.29, 1.82) is 0 Å². The molecule has 0 radical (unpaired) electrons. The number of aliphatic hydroxyl groups excluding tert-OH is 3. The van der Waals surface area contributed by atoms with Crippen molar-refractivity contribution in [3.8, 4) is 11.5 Å². The molecule has 0 fully saturated rings. The van der Waals surface area contributed by atoms with E-state index in [1.54, 1.807) is 30.3 Å². The summed E-state index contributed by atoms with van der Waals surface area (Å²) in [5.74, 6) is 0.444. The maximum atomic E-state index is 10.7. The van der Waals surface area contributed by atoms with Gasteiger partial charge in [-0.1, -0.05) is 79.2 Å². The SMILES string of the molecule is CCCBr.CCCN(CCC)[C@H]1Cc2ccc(OCC)cc2[C@@H]1O.CCOc1ccc2c(c1)[C@H](O)[C@@H](N)C2.O=C(O)[C@H](O)c1ccccc1. The van der Waals surface area contributed by atoms with Gasteiger partial charge in [0.2, 0.25) is 0 Å². The number of carboxylic acids is 1. The number of hydrogen-bond acceptors (Lipinski definition) is 8. The Bertz CT molecular complexity index is 1370. The summed E-state index contributed by atoms with van der Waals surface area (Å²) >= 11 is 3.25. The Balaban J connectivity index is 0.000000251. The molecule has 272 valence electrons. The summed E-state index contributed by atoms with van der Waals surface area (Å²) in [5.41, 5.74) is 10.5. The van der Waals surface area contributed by atoms with Crippen LogP contribution in [0.25, 0.3) is 0 Å². The predicted molar refractivity (Wildman–Crippen MR) is 200 cm³/mol. The molecule has 0 unspecified atom stereocenters. The summed E-state index contributed by atoms with van der Waals surface area (Å²) in [4.78, 5) is 12.7. The Labute approximate surface area is 301 Å². The summed E-state index contributed by atoms with van der Waals surface area (Å²) in [5, 5.41) is 38.9. The van der Waals surface area contributed by atoms with E-state index in [1.807, 2.05) is 44.2 Å². The van der Waals surface area contributed by atoms with E-state index < -0.39 is 18.2 Å². The highest BCUT2D eigenvalue weighted by molar-refractivity contribution is 9.09. The van der Waals surface area contributed by atoms with Crippen LogP contribution in [-0.4, -0.2) is 75.0 Å². The molecule has 2 aliphatic rings. The number of nitrogens with zero attached hydrogens (tertiary/aromatic N) is 1. The minimum atomic E-state index is -1.41. The molecular formula is C39H57BrN2O7. The molecule has 0 aromatic heterocycles. The second kappa shape index (κ2) is 22.7. The minimum absolute atomic E-state index is 0.165. The summed E-state index contributed by atoms with van der Waals surface area (Å²) in [7, 11) is 0. The molecule has 0 saturated carbocycles. The van der Waals surface area contributed by atoms with Crippen LogP contribution in [0.5, 0.6) is 11.5 Å². The van der Waals surface area contributed by atoms with E-state index in [-0.39, 0.29) is 18.2 Å². The molecule has 0 bridgehead atoms. The number of rotatable bonds is 12. The average Bonchev–Trinajstić information content (AvgIpc) is 3.59. The zero-order chi connectivity index (χ0) is 36.3. The molecule has 0 spiro atoms. The van der Waals surface area contributed by atoms with Crippen molar-refractivity contribution in [2.24, 2.45) is 5.73 Å². The molecule has 10 heteroatoms.